The predicted molar refractivity (Wildman–Crippen MR) is 79.1 cm³/mol. The summed E-state index contributed by atoms with van der Waals surface area (Å²) in [6.07, 6.45) is 8.92. The van der Waals surface area contributed by atoms with E-state index in [1.54, 1.807) is 5.56 Å². The summed E-state index contributed by atoms with van der Waals surface area (Å²) >= 11 is 0. The molecule has 104 valence electrons. The van der Waals surface area contributed by atoms with E-state index in [2.05, 4.69) is 18.3 Å². The van der Waals surface area contributed by atoms with E-state index >= 15 is 0 Å². The van der Waals surface area contributed by atoms with E-state index in [9.17, 15) is 0 Å². The second-order valence-corrected chi connectivity index (χ2v) is 6.02. The maximum Gasteiger partial charge on any atom is 0.122 e. The summed E-state index contributed by atoms with van der Waals surface area (Å²) in [5, 5.41) is 3.61. The van der Waals surface area contributed by atoms with Gasteiger partial charge in [0.25, 0.3) is 0 Å². The third-order valence-corrected chi connectivity index (χ3v) is 4.85. The van der Waals surface area contributed by atoms with Gasteiger partial charge in [-0.3, -0.25) is 0 Å². The quantitative estimate of drug-likeness (QED) is 0.900. The zero-order chi connectivity index (χ0) is 13.2. The summed E-state index contributed by atoms with van der Waals surface area (Å²) in [5.74, 6) is 1.12. The normalized spacial score (nSPS) is 22.3. The Morgan fingerprint density at radius 3 is 2.84 bits per heavy atom. The average molecular weight is 259 g/mol. The molecule has 2 heteroatoms. The molecule has 1 aromatic rings. The highest BCUT2D eigenvalue weighted by Gasteiger charge is 2.22. The SMILES string of the molecule is COc1cc2c(c(C)c1CC1CCCN1)CCCC2. The molecule has 0 aromatic heterocycles. The number of aryl methyl sites for hydroxylation is 1. The van der Waals surface area contributed by atoms with Gasteiger partial charge in [0.2, 0.25) is 0 Å². The van der Waals surface area contributed by atoms with Crippen LogP contribution in [0.1, 0.15) is 47.9 Å². The standard InChI is InChI=1S/C17H25NO/c1-12-15-8-4-3-6-13(15)10-17(19-2)16(12)11-14-7-5-9-18-14/h10,14,18H,3-9,11H2,1-2H3. The van der Waals surface area contributed by atoms with Crippen molar-refractivity contribution in [2.45, 2.75) is 57.9 Å². The predicted octanol–water partition coefficient (Wildman–Crippen LogP) is 3.18. The minimum Gasteiger partial charge on any atom is -0.496 e. The van der Waals surface area contributed by atoms with Crippen LogP contribution in [0.15, 0.2) is 6.07 Å². The molecule has 0 saturated carbocycles. The van der Waals surface area contributed by atoms with Crippen LogP contribution in [0.2, 0.25) is 0 Å². The van der Waals surface area contributed by atoms with Gasteiger partial charge in [-0.25, -0.2) is 0 Å². The van der Waals surface area contributed by atoms with E-state index in [1.165, 1.54) is 61.8 Å². The van der Waals surface area contributed by atoms with E-state index < -0.39 is 0 Å². The van der Waals surface area contributed by atoms with Gasteiger partial charge in [0, 0.05) is 6.04 Å². The molecule has 2 nitrogen and oxygen atoms in total. The molecule has 1 fully saturated rings. The Hall–Kier alpha value is -1.02. The summed E-state index contributed by atoms with van der Waals surface area (Å²) in [7, 11) is 1.82. The molecule has 1 aliphatic heterocycles. The van der Waals surface area contributed by atoms with Crippen LogP contribution in [-0.4, -0.2) is 19.7 Å². The number of methoxy groups -OCH3 is 1. The van der Waals surface area contributed by atoms with E-state index in [4.69, 9.17) is 4.74 Å². The van der Waals surface area contributed by atoms with Gasteiger partial charge in [0.05, 0.1) is 7.11 Å². The molecule has 1 heterocycles. The lowest BCUT2D eigenvalue weighted by Gasteiger charge is -2.24. The first-order chi connectivity index (χ1) is 9.29. The van der Waals surface area contributed by atoms with Gasteiger partial charge in [0.1, 0.15) is 5.75 Å². The smallest absolute Gasteiger partial charge is 0.122 e. The lowest BCUT2D eigenvalue weighted by atomic mass is 9.84. The number of nitrogens with one attached hydrogen (secondary N) is 1. The maximum atomic E-state index is 5.67. The molecule has 0 spiro atoms. The number of hydrogen-bond acceptors (Lipinski definition) is 2. The molecule has 1 atom stereocenters. The van der Waals surface area contributed by atoms with Crippen LogP contribution >= 0.6 is 0 Å². The first-order valence-electron chi connectivity index (χ1n) is 7.71. The number of fused-ring (bicyclic) bond motifs is 1. The zero-order valence-corrected chi connectivity index (χ0v) is 12.2. The van der Waals surface area contributed by atoms with E-state index in [1.807, 2.05) is 7.11 Å². The fourth-order valence-electron chi connectivity index (χ4n) is 3.74. The second-order valence-electron chi connectivity index (χ2n) is 6.02. The summed E-state index contributed by atoms with van der Waals surface area (Å²) in [4.78, 5) is 0. The molecule has 2 aliphatic rings. The molecule has 1 saturated heterocycles. The maximum absolute atomic E-state index is 5.67. The van der Waals surface area contributed by atoms with Crippen LogP contribution in [0, 0.1) is 6.92 Å². The van der Waals surface area contributed by atoms with E-state index in [-0.39, 0.29) is 0 Å². The number of rotatable bonds is 3. The van der Waals surface area contributed by atoms with Gasteiger partial charge in [-0.15, -0.1) is 0 Å². The Balaban J connectivity index is 1.96. The monoisotopic (exact) mass is 259 g/mol. The van der Waals surface area contributed by atoms with Crippen molar-refractivity contribution in [2.75, 3.05) is 13.7 Å². The Morgan fingerprint density at radius 2 is 2.11 bits per heavy atom. The van der Waals surface area contributed by atoms with Crippen molar-refractivity contribution < 1.29 is 4.74 Å². The second kappa shape index (κ2) is 5.54. The first-order valence-corrected chi connectivity index (χ1v) is 7.71. The third-order valence-electron chi connectivity index (χ3n) is 4.85. The fourth-order valence-corrected chi connectivity index (χ4v) is 3.74. The van der Waals surface area contributed by atoms with Crippen LogP contribution in [0.25, 0.3) is 0 Å². The summed E-state index contributed by atoms with van der Waals surface area (Å²) in [6, 6.07) is 2.96. The van der Waals surface area contributed by atoms with Crippen LogP contribution in [0.5, 0.6) is 5.75 Å². The van der Waals surface area contributed by atoms with Crippen LogP contribution < -0.4 is 10.1 Å². The molecule has 3 rings (SSSR count). The molecular weight excluding hydrogens is 234 g/mol. The Morgan fingerprint density at radius 1 is 1.26 bits per heavy atom. The molecular formula is C17H25NO. The minimum atomic E-state index is 0.647. The van der Waals surface area contributed by atoms with Gasteiger partial charge >= 0.3 is 0 Å². The summed E-state index contributed by atoms with van der Waals surface area (Å²) < 4.78 is 5.67. The molecule has 1 N–H and O–H groups in total. The number of ether oxygens (including phenoxy) is 1. The van der Waals surface area contributed by atoms with Crippen molar-refractivity contribution in [1.29, 1.82) is 0 Å². The topological polar surface area (TPSA) is 21.3 Å². The van der Waals surface area contributed by atoms with Crippen LogP contribution in [-0.2, 0) is 19.3 Å². The highest BCUT2D eigenvalue weighted by Crippen LogP contribution is 2.34. The highest BCUT2D eigenvalue weighted by molar-refractivity contribution is 5.50. The highest BCUT2D eigenvalue weighted by atomic mass is 16.5. The molecule has 19 heavy (non-hydrogen) atoms. The van der Waals surface area contributed by atoms with Gasteiger partial charge in [-0.2, -0.15) is 0 Å². The average Bonchev–Trinajstić information content (AvgIpc) is 2.95. The lowest BCUT2D eigenvalue weighted by molar-refractivity contribution is 0.404. The minimum absolute atomic E-state index is 0.647. The zero-order valence-electron chi connectivity index (χ0n) is 12.2. The first kappa shape index (κ1) is 13.0. The molecule has 1 aliphatic carbocycles. The molecule has 0 radical (unpaired) electrons. The Kier molecular flexibility index (Phi) is 3.79. The van der Waals surface area contributed by atoms with Gasteiger partial charge in [-0.05, 0) is 86.7 Å². The van der Waals surface area contributed by atoms with Crippen molar-refractivity contribution in [3.63, 3.8) is 0 Å². The number of benzene rings is 1. The molecule has 0 amide bonds. The Labute approximate surface area is 116 Å². The molecule has 0 bridgehead atoms. The van der Waals surface area contributed by atoms with Crippen LogP contribution in [0.4, 0.5) is 0 Å². The fraction of sp³-hybridized carbons (Fsp3) is 0.647. The van der Waals surface area contributed by atoms with Crippen molar-refractivity contribution in [3.8, 4) is 5.75 Å². The van der Waals surface area contributed by atoms with Gasteiger partial charge in [0.15, 0.2) is 0 Å². The number of hydrogen-bond donors (Lipinski definition) is 1. The third kappa shape index (κ3) is 2.51. The summed E-state index contributed by atoms with van der Waals surface area (Å²) in [6.45, 7) is 3.48. The van der Waals surface area contributed by atoms with E-state index in [0.717, 1.165) is 12.2 Å². The van der Waals surface area contributed by atoms with Crippen molar-refractivity contribution in [2.24, 2.45) is 0 Å². The summed E-state index contributed by atoms with van der Waals surface area (Å²) in [5.41, 5.74) is 6.09. The molecule has 1 unspecified atom stereocenters. The van der Waals surface area contributed by atoms with Crippen molar-refractivity contribution in [3.05, 3.63) is 28.3 Å². The molecule has 1 aromatic carbocycles. The largest absolute Gasteiger partial charge is 0.496 e. The van der Waals surface area contributed by atoms with E-state index in [0.29, 0.717) is 6.04 Å². The van der Waals surface area contributed by atoms with Crippen molar-refractivity contribution >= 4 is 0 Å². The van der Waals surface area contributed by atoms with Crippen LogP contribution in [0.3, 0.4) is 0 Å². The lowest BCUT2D eigenvalue weighted by Crippen LogP contribution is -2.24. The van der Waals surface area contributed by atoms with Gasteiger partial charge < -0.3 is 10.1 Å². The van der Waals surface area contributed by atoms with Gasteiger partial charge in [-0.1, -0.05) is 0 Å². The van der Waals surface area contributed by atoms with Crippen molar-refractivity contribution in [1.82, 2.24) is 5.32 Å². The Bertz CT molecular complexity index is 461.